The lowest BCUT2D eigenvalue weighted by molar-refractivity contribution is -0.137. The Hall–Kier alpha value is -2.09. The van der Waals surface area contributed by atoms with Gasteiger partial charge in [-0.25, -0.2) is 0 Å². The molecule has 1 aliphatic rings. The molecule has 2 rings (SSSR count). The smallest absolute Gasteiger partial charge is 0.359 e. The highest BCUT2D eigenvalue weighted by Crippen LogP contribution is 2.29. The predicted octanol–water partition coefficient (Wildman–Crippen LogP) is 1.11. The fourth-order valence-electron chi connectivity index (χ4n) is 2.66. The van der Waals surface area contributed by atoms with E-state index in [0.29, 0.717) is 13.1 Å². The van der Waals surface area contributed by atoms with Crippen molar-refractivity contribution in [1.82, 2.24) is 15.5 Å². The number of hydrogen-bond acceptors (Lipinski definition) is 3. The molecule has 8 heteroatoms. The Bertz CT molecular complexity index is 587. The normalized spacial score (nSPS) is 22.0. The van der Waals surface area contributed by atoms with Gasteiger partial charge in [-0.1, -0.05) is 0 Å². The van der Waals surface area contributed by atoms with Gasteiger partial charge in [0.05, 0.1) is 17.5 Å². The van der Waals surface area contributed by atoms with E-state index < -0.39 is 17.6 Å². The van der Waals surface area contributed by atoms with Crippen molar-refractivity contribution in [3.05, 3.63) is 35.4 Å². The van der Waals surface area contributed by atoms with Crippen LogP contribution in [0.15, 0.2) is 24.3 Å². The average Bonchev–Trinajstić information content (AvgIpc) is 2.86. The summed E-state index contributed by atoms with van der Waals surface area (Å²) >= 11 is 0. The van der Waals surface area contributed by atoms with E-state index in [2.05, 4.69) is 10.6 Å². The van der Waals surface area contributed by atoms with Crippen molar-refractivity contribution in [3.8, 4) is 0 Å². The molecule has 1 saturated heterocycles. The van der Waals surface area contributed by atoms with Gasteiger partial charge in [0.2, 0.25) is 5.91 Å². The largest absolute Gasteiger partial charge is 0.416 e. The molecule has 0 spiro atoms. The van der Waals surface area contributed by atoms with Crippen molar-refractivity contribution in [3.63, 3.8) is 0 Å². The molecule has 23 heavy (non-hydrogen) atoms. The van der Waals surface area contributed by atoms with Crippen LogP contribution in [-0.4, -0.2) is 49.9 Å². The monoisotopic (exact) mass is 329 g/mol. The van der Waals surface area contributed by atoms with E-state index >= 15 is 0 Å². The number of benzene rings is 1. The van der Waals surface area contributed by atoms with Crippen molar-refractivity contribution < 1.29 is 22.8 Å². The average molecular weight is 329 g/mol. The minimum absolute atomic E-state index is 0.128. The van der Waals surface area contributed by atoms with Gasteiger partial charge < -0.3 is 15.5 Å². The van der Waals surface area contributed by atoms with Gasteiger partial charge in [-0.3, -0.25) is 9.59 Å². The molecule has 0 bridgehead atoms. The molecule has 0 aromatic heterocycles. The van der Waals surface area contributed by atoms with Crippen molar-refractivity contribution in [2.24, 2.45) is 5.92 Å². The fraction of sp³-hybridized carbons (Fsp3) is 0.467. The number of likely N-dealkylation sites (tertiary alicyclic amines) is 1. The van der Waals surface area contributed by atoms with Gasteiger partial charge in [-0.2, -0.15) is 13.2 Å². The van der Waals surface area contributed by atoms with Crippen molar-refractivity contribution >= 4 is 11.8 Å². The van der Waals surface area contributed by atoms with Gasteiger partial charge >= 0.3 is 6.18 Å². The van der Waals surface area contributed by atoms with Gasteiger partial charge in [0.15, 0.2) is 0 Å². The molecule has 0 unspecified atom stereocenters. The maximum absolute atomic E-state index is 12.5. The van der Waals surface area contributed by atoms with Crippen LogP contribution < -0.4 is 10.6 Å². The van der Waals surface area contributed by atoms with E-state index in [0.717, 1.165) is 24.3 Å². The van der Waals surface area contributed by atoms with E-state index in [9.17, 15) is 22.8 Å². The van der Waals surface area contributed by atoms with E-state index in [4.69, 9.17) is 0 Å². The molecule has 1 heterocycles. The van der Waals surface area contributed by atoms with Gasteiger partial charge in [0.1, 0.15) is 0 Å². The highest BCUT2D eigenvalue weighted by atomic mass is 19.4. The molecule has 1 aromatic rings. The summed E-state index contributed by atoms with van der Waals surface area (Å²) in [5, 5.41) is 5.28. The van der Waals surface area contributed by atoms with E-state index in [1.54, 1.807) is 0 Å². The number of nitrogens with one attached hydrogen (secondary N) is 2. The minimum atomic E-state index is -4.44. The summed E-state index contributed by atoms with van der Waals surface area (Å²) in [6, 6.07) is 3.62. The van der Waals surface area contributed by atoms with Crippen molar-refractivity contribution in [2.45, 2.75) is 12.2 Å². The Morgan fingerprint density at radius 1 is 1.17 bits per heavy atom. The SMILES string of the molecule is CNC(=O)[C@@H]1CN(C)C[C@@H]1NC(=O)c1ccc(C(F)(F)F)cc1. The Morgan fingerprint density at radius 2 is 1.78 bits per heavy atom. The first-order valence-corrected chi connectivity index (χ1v) is 7.10. The number of halogens is 3. The molecule has 1 aliphatic heterocycles. The van der Waals surface area contributed by atoms with E-state index in [-0.39, 0.29) is 23.4 Å². The van der Waals surface area contributed by atoms with Gasteiger partial charge in [-0.15, -0.1) is 0 Å². The first-order valence-electron chi connectivity index (χ1n) is 7.10. The maximum atomic E-state index is 12.5. The molecule has 0 radical (unpaired) electrons. The van der Waals surface area contributed by atoms with Crippen LogP contribution in [0.4, 0.5) is 13.2 Å². The Morgan fingerprint density at radius 3 is 2.30 bits per heavy atom. The van der Waals surface area contributed by atoms with E-state index in [1.807, 2.05) is 11.9 Å². The molecule has 2 N–H and O–H groups in total. The van der Waals surface area contributed by atoms with Crippen molar-refractivity contribution in [2.75, 3.05) is 27.2 Å². The number of alkyl halides is 3. The lowest BCUT2D eigenvalue weighted by Gasteiger charge is -2.18. The van der Waals surface area contributed by atoms with Crippen LogP contribution in [0, 0.1) is 5.92 Å². The lowest BCUT2D eigenvalue weighted by Crippen LogP contribution is -2.45. The van der Waals surface area contributed by atoms with Gasteiger partial charge in [-0.05, 0) is 31.3 Å². The quantitative estimate of drug-likeness (QED) is 0.873. The summed E-state index contributed by atoms with van der Waals surface area (Å²) in [5.74, 6) is -1.05. The summed E-state index contributed by atoms with van der Waals surface area (Å²) < 4.78 is 37.6. The Kier molecular flexibility index (Phi) is 4.93. The molecular formula is C15H18F3N3O2. The number of carbonyl (C=O) groups excluding carboxylic acids is 2. The summed E-state index contributed by atoms with van der Waals surface area (Å²) in [6.07, 6.45) is -4.44. The molecule has 5 nitrogen and oxygen atoms in total. The number of likely N-dealkylation sites (N-methyl/N-ethyl adjacent to an activating group) is 1. The second-order valence-electron chi connectivity index (χ2n) is 5.60. The molecule has 2 amide bonds. The van der Waals surface area contributed by atoms with E-state index in [1.165, 1.54) is 7.05 Å². The molecule has 1 aromatic carbocycles. The summed E-state index contributed by atoms with van der Waals surface area (Å²) in [5.41, 5.74) is -0.680. The van der Waals surface area contributed by atoms with Crippen LogP contribution in [0.25, 0.3) is 0 Å². The second-order valence-corrected chi connectivity index (χ2v) is 5.60. The maximum Gasteiger partial charge on any atom is 0.416 e. The van der Waals surface area contributed by atoms with Crippen LogP contribution in [0.1, 0.15) is 15.9 Å². The van der Waals surface area contributed by atoms with Gasteiger partial charge in [0.25, 0.3) is 5.91 Å². The Balaban J connectivity index is 2.07. The van der Waals surface area contributed by atoms with Crippen LogP contribution in [-0.2, 0) is 11.0 Å². The zero-order valence-corrected chi connectivity index (χ0v) is 12.8. The zero-order valence-electron chi connectivity index (χ0n) is 12.8. The number of carbonyl (C=O) groups is 2. The predicted molar refractivity (Wildman–Crippen MR) is 77.8 cm³/mol. The third-order valence-corrected chi connectivity index (χ3v) is 3.88. The number of hydrogen-bond donors (Lipinski definition) is 2. The first-order chi connectivity index (χ1) is 10.7. The topological polar surface area (TPSA) is 61.4 Å². The summed E-state index contributed by atoms with van der Waals surface area (Å²) in [7, 11) is 3.36. The summed E-state index contributed by atoms with van der Waals surface area (Å²) in [6.45, 7) is 1.02. The number of amides is 2. The molecule has 1 fully saturated rings. The fourth-order valence-corrected chi connectivity index (χ4v) is 2.66. The van der Waals surface area contributed by atoms with Gasteiger partial charge in [0, 0.05) is 25.7 Å². The molecule has 0 saturated carbocycles. The molecular weight excluding hydrogens is 311 g/mol. The summed E-state index contributed by atoms with van der Waals surface area (Å²) in [4.78, 5) is 25.9. The standard InChI is InChI=1S/C15H18F3N3O2/c1-19-14(23)11-7-21(2)8-12(11)20-13(22)9-3-5-10(6-4-9)15(16,17)18/h3-6,11-12H,7-8H2,1-2H3,(H,19,23)(H,20,22)/t11-,12+/m1/s1. The van der Waals surface area contributed by atoms with Crippen LogP contribution in [0.2, 0.25) is 0 Å². The van der Waals surface area contributed by atoms with Crippen LogP contribution in [0.3, 0.4) is 0 Å². The number of nitrogens with zero attached hydrogens (tertiary/aromatic N) is 1. The first kappa shape index (κ1) is 17.3. The minimum Gasteiger partial charge on any atom is -0.359 e. The number of rotatable bonds is 3. The third-order valence-electron chi connectivity index (χ3n) is 3.88. The lowest BCUT2D eigenvalue weighted by atomic mass is 10.0. The Labute approximate surface area is 131 Å². The molecule has 0 aliphatic carbocycles. The zero-order chi connectivity index (χ0) is 17.2. The third kappa shape index (κ3) is 4.01. The molecule has 126 valence electrons. The second kappa shape index (κ2) is 6.57. The van der Waals surface area contributed by atoms with Crippen molar-refractivity contribution in [1.29, 1.82) is 0 Å². The highest BCUT2D eigenvalue weighted by Gasteiger charge is 2.36. The van der Waals surface area contributed by atoms with Crippen LogP contribution in [0.5, 0.6) is 0 Å². The highest BCUT2D eigenvalue weighted by molar-refractivity contribution is 5.95. The van der Waals surface area contributed by atoms with Crippen LogP contribution >= 0.6 is 0 Å². The molecule has 2 atom stereocenters.